The Balaban J connectivity index is 1.08. The molecule has 2 aliphatic carbocycles. The van der Waals surface area contributed by atoms with Crippen LogP contribution in [0.3, 0.4) is 0 Å². The van der Waals surface area contributed by atoms with E-state index in [-0.39, 0.29) is 68.0 Å². The molecular formula is C49H39N4O12+. The van der Waals surface area contributed by atoms with Gasteiger partial charge in [0.25, 0.3) is 5.91 Å². The van der Waals surface area contributed by atoms with E-state index in [2.05, 4.69) is 10.6 Å². The van der Waals surface area contributed by atoms with E-state index in [0.717, 1.165) is 17.1 Å². The number of carboxylic acids is 3. The molecule has 16 nitrogen and oxygen atoms in total. The van der Waals surface area contributed by atoms with E-state index in [1.165, 1.54) is 54.6 Å². The summed E-state index contributed by atoms with van der Waals surface area (Å²) in [5.41, 5.74) is 2.48. The molecule has 0 spiro atoms. The molecule has 0 radical (unpaired) electrons. The molecule has 0 aromatic heterocycles. The smallest absolute Gasteiger partial charge is 0.336 e. The van der Waals surface area contributed by atoms with Gasteiger partial charge in [0.15, 0.2) is 5.43 Å². The number of nitrogens with zero attached hydrogens (tertiary/aromatic N) is 2. The molecule has 4 aliphatic rings. The van der Waals surface area contributed by atoms with Crippen LogP contribution < -0.4 is 30.9 Å². The van der Waals surface area contributed by atoms with Gasteiger partial charge in [0.1, 0.15) is 42.5 Å². The van der Waals surface area contributed by atoms with E-state index in [1.54, 1.807) is 6.07 Å². The Morgan fingerprint density at radius 2 is 1.23 bits per heavy atom. The van der Waals surface area contributed by atoms with Crippen LogP contribution in [0.4, 0.5) is 5.69 Å². The van der Waals surface area contributed by atoms with E-state index >= 15 is 0 Å². The summed E-state index contributed by atoms with van der Waals surface area (Å²) < 4.78 is 14.4. The van der Waals surface area contributed by atoms with Crippen molar-refractivity contribution in [1.82, 2.24) is 15.2 Å². The minimum Gasteiger partial charge on any atom is -0.507 e. The van der Waals surface area contributed by atoms with Crippen LogP contribution in [0.1, 0.15) is 47.0 Å². The second kappa shape index (κ2) is 16.8. The van der Waals surface area contributed by atoms with E-state index in [4.69, 9.17) is 8.83 Å². The number of carboxylic acid groups (broad SMARTS) is 3. The monoisotopic (exact) mass is 875 g/mol. The zero-order valence-electron chi connectivity index (χ0n) is 35.2. The summed E-state index contributed by atoms with van der Waals surface area (Å²) >= 11 is 0. The van der Waals surface area contributed by atoms with Crippen molar-refractivity contribution in [3.8, 4) is 50.7 Å². The highest BCUT2D eigenvalue weighted by Crippen LogP contribution is 2.45. The van der Waals surface area contributed by atoms with Gasteiger partial charge in [-0.2, -0.15) is 0 Å². The van der Waals surface area contributed by atoms with Crippen molar-refractivity contribution in [3.63, 3.8) is 0 Å². The van der Waals surface area contributed by atoms with Crippen LogP contribution >= 0.6 is 0 Å². The average Bonchev–Trinajstić information content (AvgIpc) is 3.27. The Morgan fingerprint density at radius 1 is 0.631 bits per heavy atom. The number of rotatable bonds is 11. The van der Waals surface area contributed by atoms with Gasteiger partial charge in [-0.3, -0.25) is 14.4 Å². The van der Waals surface area contributed by atoms with Gasteiger partial charge in [-0.15, -0.1) is 0 Å². The Bertz CT molecular complexity index is 3400. The highest BCUT2D eigenvalue weighted by molar-refractivity contribution is 6.11. The number of phenols is 1. The molecule has 4 aromatic rings. The Kier molecular flexibility index (Phi) is 11.1. The number of hydrogen-bond donors (Lipinski definition) is 6. The fourth-order valence-corrected chi connectivity index (χ4v) is 7.82. The van der Waals surface area contributed by atoms with E-state index < -0.39 is 41.7 Å². The summed E-state index contributed by atoms with van der Waals surface area (Å²) in [5.74, 6) is -5.26. The largest absolute Gasteiger partial charge is 0.507 e. The van der Waals surface area contributed by atoms with Crippen molar-refractivity contribution >= 4 is 57.3 Å². The van der Waals surface area contributed by atoms with Crippen LogP contribution in [-0.2, 0) is 11.3 Å². The van der Waals surface area contributed by atoms with Crippen molar-refractivity contribution < 1.29 is 53.2 Å². The van der Waals surface area contributed by atoms with E-state index in [1.807, 2.05) is 74.1 Å². The fourth-order valence-electron chi connectivity index (χ4n) is 7.82. The molecule has 2 amide bonds. The van der Waals surface area contributed by atoms with Gasteiger partial charge in [-0.25, -0.2) is 19.0 Å². The number of anilines is 1. The Hall–Kier alpha value is -8.79. The molecule has 0 fully saturated rings. The molecule has 0 unspecified atom stereocenters. The van der Waals surface area contributed by atoms with Crippen molar-refractivity contribution in [3.05, 3.63) is 147 Å². The topological polar surface area (TPSA) is 240 Å². The maximum Gasteiger partial charge on any atom is 0.336 e. The van der Waals surface area contributed by atoms with Crippen molar-refractivity contribution in [2.75, 3.05) is 39.6 Å². The molecule has 6 N–H and O–H groups in total. The predicted octanol–water partition coefficient (Wildman–Crippen LogP) is 6.03. The number of aromatic hydroxyl groups is 1. The van der Waals surface area contributed by atoms with Gasteiger partial charge in [0, 0.05) is 76.6 Å². The van der Waals surface area contributed by atoms with Gasteiger partial charge in [-0.05, 0) is 77.9 Å². The number of carbonyl (C=O) groups is 5. The lowest BCUT2D eigenvalue weighted by molar-refractivity contribution is -0.120. The molecule has 0 atom stereocenters. The first-order chi connectivity index (χ1) is 31.0. The zero-order chi connectivity index (χ0) is 46.4. The SMILES string of the molecule is CN(C)c1ccc2c(-c3ccc(C(=O)NCC(=O)NCc4c(O)ccc5c(-c6ccc(C(=O)O)cc6C(=O)O)c6ccc(=O)cc-6oc45)cc3C(=O)O)c3ccc(=[N+](C)C)cc-3oc2c1. The number of aromatic carboxylic acids is 3. The van der Waals surface area contributed by atoms with E-state index in [9.17, 15) is 49.2 Å². The summed E-state index contributed by atoms with van der Waals surface area (Å²) in [6.07, 6.45) is 0. The first-order valence-corrected chi connectivity index (χ1v) is 19.9. The number of carbonyl (C=O) groups excluding carboxylic acids is 2. The standard InChI is InChI=1S/C49H38N4O12/c1-52(2)26-7-12-31-39(19-26)64-40-20-27(53(3)4)8-13-32(40)43(31)29-10-5-24(17-35(29)48(60)61)46(57)51-23-42(56)50-22-37-38(55)16-15-34-44(33-14-9-28(54)21-41(33)65-45(34)37)30-11-6-25(47(58)59)18-36(30)49(62)63/h5-21H,22-23H2,1-4H3,(H5-,50,51,54,55,56,57,58,59,60,61,62,63)/p+1. The quantitative estimate of drug-likeness (QED) is 0.0644. The van der Waals surface area contributed by atoms with Crippen molar-refractivity contribution in [2.24, 2.45) is 0 Å². The normalized spacial score (nSPS) is 11.2. The fraction of sp³-hybridized carbons (Fsp3) is 0.122. The van der Waals surface area contributed by atoms with Gasteiger partial charge >= 0.3 is 17.9 Å². The predicted molar refractivity (Wildman–Crippen MR) is 241 cm³/mol. The molecule has 65 heavy (non-hydrogen) atoms. The molecule has 0 bridgehead atoms. The highest BCUT2D eigenvalue weighted by atomic mass is 16.4. The molecule has 326 valence electrons. The second-order valence-electron chi connectivity index (χ2n) is 15.6. The van der Waals surface area contributed by atoms with Gasteiger partial charge in [0.05, 0.1) is 41.4 Å². The van der Waals surface area contributed by atoms with E-state index in [0.29, 0.717) is 39.0 Å². The second-order valence-corrected chi connectivity index (χ2v) is 15.6. The van der Waals surface area contributed by atoms with Crippen molar-refractivity contribution in [2.45, 2.75) is 6.54 Å². The first-order valence-electron chi connectivity index (χ1n) is 19.9. The minimum atomic E-state index is -1.42. The molecule has 4 aromatic carbocycles. The molecule has 2 heterocycles. The summed E-state index contributed by atoms with van der Waals surface area (Å²) in [6, 6.07) is 25.8. The van der Waals surface area contributed by atoms with Crippen LogP contribution in [0.2, 0.25) is 0 Å². The van der Waals surface area contributed by atoms with Gasteiger partial charge in [0.2, 0.25) is 11.3 Å². The van der Waals surface area contributed by atoms with Gasteiger partial charge in [-0.1, -0.05) is 12.1 Å². The number of hydrogen-bond acceptors (Lipinski definition) is 10. The van der Waals surface area contributed by atoms with Crippen LogP contribution in [-0.4, -0.2) is 84.9 Å². The number of benzene rings is 6. The maximum absolute atomic E-state index is 13.5. The lowest BCUT2D eigenvalue weighted by Gasteiger charge is -2.19. The lowest BCUT2D eigenvalue weighted by atomic mass is 9.89. The molecule has 8 rings (SSSR count). The molecule has 2 aliphatic heterocycles. The van der Waals surface area contributed by atoms with Crippen LogP contribution in [0.5, 0.6) is 5.75 Å². The summed E-state index contributed by atoms with van der Waals surface area (Å²) in [6.45, 7) is -0.919. The molecule has 0 saturated heterocycles. The van der Waals surface area contributed by atoms with Crippen LogP contribution in [0.15, 0.2) is 117 Å². The van der Waals surface area contributed by atoms with Crippen molar-refractivity contribution in [1.29, 1.82) is 0 Å². The highest BCUT2D eigenvalue weighted by Gasteiger charge is 2.27. The van der Waals surface area contributed by atoms with Gasteiger partial charge < -0.3 is 44.8 Å². The molecule has 0 saturated carbocycles. The number of amides is 2. The molecular weight excluding hydrogens is 837 g/mol. The summed E-state index contributed by atoms with van der Waals surface area (Å²) in [5, 5.41) is 48.1. The third kappa shape index (κ3) is 8.07. The van der Waals surface area contributed by atoms with Crippen LogP contribution in [0, 0.1) is 0 Å². The third-order valence-electron chi connectivity index (χ3n) is 11.1. The lowest BCUT2D eigenvalue weighted by Crippen LogP contribution is -2.36. The van der Waals surface area contributed by atoms with Crippen LogP contribution in [0.25, 0.3) is 66.8 Å². The average molecular weight is 876 g/mol. The number of phenolic OH excluding ortho intramolecular Hbond substituents is 1. The molecule has 16 heteroatoms. The third-order valence-corrected chi connectivity index (χ3v) is 11.1. The zero-order valence-corrected chi connectivity index (χ0v) is 35.2. The number of nitrogens with one attached hydrogen (secondary N) is 2. The Morgan fingerprint density at radius 3 is 1.88 bits per heavy atom. The maximum atomic E-state index is 13.5. The minimum absolute atomic E-state index is 0.00806. The number of fused-ring (bicyclic) bond motifs is 4. The first kappa shape index (κ1) is 42.9. The summed E-state index contributed by atoms with van der Waals surface area (Å²) in [7, 11) is 7.59. The Labute approximate surface area is 368 Å². The summed E-state index contributed by atoms with van der Waals surface area (Å²) in [4.78, 5) is 78.2.